The van der Waals surface area contributed by atoms with Gasteiger partial charge in [0.2, 0.25) is 5.91 Å². The van der Waals surface area contributed by atoms with Gasteiger partial charge in [0.1, 0.15) is 24.4 Å². The van der Waals surface area contributed by atoms with Gasteiger partial charge < -0.3 is 40.3 Å². The Morgan fingerprint density at radius 1 is 0.647 bits per heavy atom. The largest absolute Gasteiger partial charge is 0.394 e. The smallest absolute Gasteiger partial charge is 0.220 e. The van der Waals surface area contributed by atoms with Gasteiger partial charge in [0.25, 0.3) is 0 Å². The minimum atomic E-state index is -1.56. The van der Waals surface area contributed by atoms with Gasteiger partial charge >= 0.3 is 0 Å². The number of ether oxygens (including phenoxy) is 2. The van der Waals surface area contributed by atoms with E-state index in [1.54, 1.807) is 6.08 Å². The highest BCUT2D eigenvalue weighted by Crippen LogP contribution is 2.22. The summed E-state index contributed by atoms with van der Waals surface area (Å²) >= 11 is 0. The van der Waals surface area contributed by atoms with Gasteiger partial charge in [-0.25, -0.2) is 0 Å². The standard InChI is InChI=1S/C42H81NO8/c1-3-5-7-9-11-13-15-16-17-18-19-20-21-22-23-25-27-29-31-36(45)35(34-50-42-41(49)40(48)39(47)37(33-44)51-42)43-38(46)32-30-28-26-24-14-12-10-8-6-4-2/h29,31,35-37,39-42,44-45,47-49H,3-28,30,32-34H2,1-2H3,(H,43,46)/b31-29+. The molecule has 7 atom stereocenters. The van der Waals surface area contributed by atoms with Gasteiger partial charge in [-0.15, -0.1) is 0 Å². The Kier molecular flexibility index (Phi) is 31.5. The number of aliphatic hydroxyl groups is 5. The lowest BCUT2D eigenvalue weighted by Gasteiger charge is -2.40. The molecule has 0 radical (unpaired) electrons. The lowest BCUT2D eigenvalue weighted by molar-refractivity contribution is -0.302. The van der Waals surface area contributed by atoms with Crippen LogP contribution in [0, 0.1) is 0 Å². The molecule has 0 aliphatic carbocycles. The molecule has 302 valence electrons. The fourth-order valence-electron chi connectivity index (χ4n) is 6.86. The fraction of sp³-hybridized carbons (Fsp3) is 0.929. The van der Waals surface area contributed by atoms with E-state index in [1.807, 2.05) is 6.08 Å². The minimum absolute atomic E-state index is 0.178. The van der Waals surface area contributed by atoms with E-state index in [4.69, 9.17) is 9.47 Å². The van der Waals surface area contributed by atoms with Crippen molar-refractivity contribution in [3.8, 4) is 0 Å². The number of carbonyl (C=O) groups is 1. The van der Waals surface area contributed by atoms with E-state index in [0.717, 1.165) is 38.5 Å². The van der Waals surface area contributed by atoms with Crippen LogP contribution in [0.25, 0.3) is 0 Å². The van der Waals surface area contributed by atoms with Crippen LogP contribution in [0.3, 0.4) is 0 Å². The number of allylic oxidation sites excluding steroid dienone is 1. The third-order valence-electron chi connectivity index (χ3n) is 10.4. The Labute approximate surface area is 312 Å². The molecule has 1 rings (SSSR count). The zero-order valence-corrected chi connectivity index (χ0v) is 32.9. The normalized spacial score (nSPS) is 22.1. The molecule has 7 unspecified atom stereocenters. The van der Waals surface area contributed by atoms with Crippen molar-refractivity contribution < 1.29 is 39.8 Å². The minimum Gasteiger partial charge on any atom is -0.394 e. The van der Waals surface area contributed by atoms with Crippen LogP contribution in [0.2, 0.25) is 0 Å². The number of hydrogen-bond acceptors (Lipinski definition) is 8. The van der Waals surface area contributed by atoms with E-state index in [2.05, 4.69) is 19.2 Å². The van der Waals surface area contributed by atoms with Crippen LogP contribution in [-0.2, 0) is 14.3 Å². The van der Waals surface area contributed by atoms with Gasteiger partial charge in [-0.05, 0) is 19.3 Å². The number of unbranched alkanes of at least 4 members (excludes halogenated alkanes) is 25. The van der Waals surface area contributed by atoms with Crippen molar-refractivity contribution in [2.24, 2.45) is 0 Å². The van der Waals surface area contributed by atoms with E-state index < -0.39 is 49.5 Å². The number of hydrogen-bond donors (Lipinski definition) is 6. The summed E-state index contributed by atoms with van der Waals surface area (Å²) in [6, 6.07) is -0.796. The molecule has 1 saturated heterocycles. The number of carbonyl (C=O) groups excluding carboxylic acids is 1. The molecular weight excluding hydrogens is 646 g/mol. The van der Waals surface area contributed by atoms with Crippen LogP contribution in [-0.4, -0.2) is 87.5 Å². The van der Waals surface area contributed by atoms with Crippen LogP contribution in [0.5, 0.6) is 0 Å². The molecule has 1 aliphatic rings. The molecular formula is C42H81NO8. The summed E-state index contributed by atoms with van der Waals surface area (Å²) in [7, 11) is 0. The van der Waals surface area contributed by atoms with Gasteiger partial charge in [0.15, 0.2) is 6.29 Å². The lowest BCUT2D eigenvalue weighted by Crippen LogP contribution is -2.60. The molecule has 9 nitrogen and oxygen atoms in total. The van der Waals surface area contributed by atoms with Crippen molar-refractivity contribution in [2.75, 3.05) is 13.2 Å². The summed E-state index contributed by atoms with van der Waals surface area (Å²) in [4.78, 5) is 12.9. The Balaban J connectivity index is 2.37. The van der Waals surface area contributed by atoms with Gasteiger partial charge in [0, 0.05) is 6.42 Å². The molecule has 9 heteroatoms. The second-order valence-corrected chi connectivity index (χ2v) is 15.1. The summed E-state index contributed by atoms with van der Waals surface area (Å²) in [6.45, 7) is 3.75. The predicted molar refractivity (Wildman–Crippen MR) is 207 cm³/mol. The zero-order valence-electron chi connectivity index (χ0n) is 32.9. The van der Waals surface area contributed by atoms with Gasteiger partial charge in [-0.1, -0.05) is 180 Å². The molecule has 6 N–H and O–H groups in total. The lowest BCUT2D eigenvalue weighted by atomic mass is 9.99. The van der Waals surface area contributed by atoms with Crippen molar-refractivity contribution in [1.82, 2.24) is 5.32 Å². The fourth-order valence-corrected chi connectivity index (χ4v) is 6.86. The highest BCUT2D eigenvalue weighted by atomic mass is 16.7. The van der Waals surface area contributed by atoms with Crippen molar-refractivity contribution in [1.29, 1.82) is 0 Å². The summed E-state index contributed by atoms with van der Waals surface area (Å²) in [5, 5.41) is 54.0. The molecule has 0 aromatic heterocycles. The molecule has 1 fully saturated rings. The maximum atomic E-state index is 12.9. The quantitative estimate of drug-likeness (QED) is 0.0283. The first-order chi connectivity index (χ1) is 24.8. The second kappa shape index (κ2) is 33.5. The molecule has 0 saturated carbocycles. The van der Waals surface area contributed by atoms with Crippen molar-refractivity contribution in [2.45, 2.75) is 236 Å². The number of rotatable bonds is 35. The first kappa shape index (κ1) is 48.0. The maximum absolute atomic E-state index is 12.9. The number of aliphatic hydroxyl groups excluding tert-OH is 5. The second-order valence-electron chi connectivity index (χ2n) is 15.1. The first-order valence-electron chi connectivity index (χ1n) is 21.4. The van der Waals surface area contributed by atoms with Gasteiger partial charge in [0.05, 0.1) is 25.4 Å². The summed E-state index contributed by atoms with van der Waals surface area (Å²) in [6.07, 6.45) is 29.7. The van der Waals surface area contributed by atoms with Gasteiger partial charge in [-0.3, -0.25) is 4.79 Å². The predicted octanol–water partition coefficient (Wildman–Crippen LogP) is 8.17. The molecule has 0 bridgehead atoms. The topological polar surface area (TPSA) is 149 Å². The average Bonchev–Trinajstić information content (AvgIpc) is 3.13. The Morgan fingerprint density at radius 2 is 1.08 bits per heavy atom. The highest BCUT2D eigenvalue weighted by Gasteiger charge is 2.44. The number of amides is 1. The van der Waals surface area contributed by atoms with E-state index in [9.17, 15) is 30.3 Å². The summed E-state index contributed by atoms with van der Waals surface area (Å²) in [5.74, 6) is -0.178. The van der Waals surface area contributed by atoms with E-state index >= 15 is 0 Å². The Morgan fingerprint density at radius 3 is 1.53 bits per heavy atom. The van der Waals surface area contributed by atoms with Gasteiger partial charge in [-0.2, -0.15) is 0 Å². The van der Waals surface area contributed by atoms with Crippen LogP contribution >= 0.6 is 0 Å². The molecule has 1 aliphatic heterocycles. The molecule has 0 aromatic rings. The third kappa shape index (κ3) is 24.8. The molecule has 1 heterocycles. The summed E-state index contributed by atoms with van der Waals surface area (Å²) < 4.78 is 11.2. The van der Waals surface area contributed by atoms with Crippen molar-refractivity contribution in [3.05, 3.63) is 12.2 Å². The van der Waals surface area contributed by atoms with Crippen molar-refractivity contribution >= 4 is 5.91 Å². The average molecular weight is 728 g/mol. The molecule has 51 heavy (non-hydrogen) atoms. The third-order valence-corrected chi connectivity index (χ3v) is 10.4. The molecule has 0 aromatic carbocycles. The van der Waals surface area contributed by atoms with Crippen molar-refractivity contribution in [3.63, 3.8) is 0 Å². The van der Waals surface area contributed by atoms with Crippen LogP contribution in [0.4, 0.5) is 0 Å². The maximum Gasteiger partial charge on any atom is 0.220 e. The van der Waals surface area contributed by atoms with Crippen LogP contribution < -0.4 is 5.32 Å². The van der Waals surface area contributed by atoms with E-state index in [0.29, 0.717) is 6.42 Å². The monoisotopic (exact) mass is 728 g/mol. The van der Waals surface area contributed by atoms with Crippen LogP contribution in [0.15, 0.2) is 12.2 Å². The summed E-state index contributed by atoms with van der Waals surface area (Å²) in [5.41, 5.74) is 0. The van der Waals surface area contributed by atoms with Crippen LogP contribution in [0.1, 0.15) is 194 Å². The van der Waals surface area contributed by atoms with E-state index in [1.165, 1.54) is 135 Å². The highest BCUT2D eigenvalue weighted by molar-refractivity contribution is 5.76. The zero-order chi connectivity index (χ0) is 37.4. The molecule has 0 spiro atoms. The molecule has 1 amide bonds. The first-order valence-corrected chi connectivity index (χ1v) is 21.4. The Bertz CT molecular complexity index is 812. The number of nitrogens with one attached hydrogen (secondary N) is 1. The SMILES string of the molecule is CCCCCCCCCCCCCCCCCC/C=C/C(O)C(COC1OC(CO)C(O)C(O)C1O)NC(=O)CCCCCCCCCCCC. The Hall–Kier alpha value is -1.07. The van der Waals surface area contributed by atoms with E-state index in [-0.39, 0.29) is 12.5 Å².